The van der Waals surface area contributed by atoms with Crippen LogP contribution in [-0.2, 0) is 9.53 Å². The second-order valence-corrected chi connectivity index (χ2v) is 5.47. The van der Waals surface area contributed by atoms with Crippen molar-refractivity contribution in [2.45, 2.75) is 40.0 Å². The topological polar surface area (TPSA) is 26.3 Å². The molecule has 0 aliphatic carbocycles. The first kappa shape index (κ1) is 14.5. The lowest BCUT2D eigenvalue weighted by Crippen LogP contribution is -2.20. The first-order chi connectivity index (χ1) is 8.36. The first-order valence-corrected chi connectivity index (χ1v) is 6.32. The molecule has 1 unspecified atom stereocenters. The minimum Gasteiger partial charge on any atom is -0.431 e. The predicted octanol–water partition coefficient (Wildman–Crippen LogP) is 4.28. The Morgan fingerprint density at radius 1 is 1.28 bits per heavy atom. The summed E-state index contributed by atoms with van der Waals surface area (Å²) in [6.45, 7) is 11.8. The number of carbonyl (C=O) groups is 1. The molecular formula is C16H22O2. The van der Waals surface area contributed by atoms with Crippen LogP contribution in [-0.4, -0.2) is 5.97 Å². The van der Waals surface area contributed by atoms with E-state index in [1.165, 1.54) is 0 Å². The van der Waals surface area contributed by atoms with E-state index in [2.05, 4.69) is 6.58 Å². The average molecular weight is 246 g/mol. The number of rotatable bonds is 4. The molecule has 1 rings (SSSR count). The Hall–Kier alpha value is -1.57. The minimum absolute atomic E-state index is 0.217. The average Bonchev–Trinajstić information content (AvgIpc) is 2.30. The zero-order valence-corrected chi connectivity index (χ0v) is 11.7. The van der Waals surface area contributed by atoms with Crippen molar-refractivity contribution in [2.75, 3.05) is 0 Å². The van der Waals surface area contributed by atoms with E-state index in [1.807, 2.05) is 58.0 Å². The highest BCUT2D eigenvalue weighted by Crippen LogP contribution is 2.28. The normalized spacial score (nSPS) is 12.9. The summed E-state index contributed by atoms with van der Waals surface area (Å²) in [4.78, 5) is 12.1. The van der Waals surface area contributed by atoms with Gasteiger partial charge in [0.05, 0.1) is 5.92 Å². The fraction of sp³-hybridized carbons (Fsp3) is 0.438. The maximum absolute atomic E-state index is 12.1. The SMILES string of the molecule is C=C(OC(=O)C(CC)c1ccccc1)C(C)(C)C. The van der Waals surface area contributed by atoms with Gasteiger partial charge in [-0.1, -0.05) is 64.6 Å². The molecule has 0 N–H and O–H groups in total. The van der Waals surface area contributed by atoms with E-state index in [-0.39, 0.29) is 17.3 Å². The number of allylic oxidation sites excluding steroid dienone is 1. The molecule has 0 amide bonds. The van der Waals surface area contributed by atoms with Gasteiger partial charge in [-0.25, -0.2) is 0 Å². The summed E-state index contributed by atoms with van der Waals surface area (Å²) in [6.07, 6.45) is 0.722. The molecule has 18 heavy (non-hydrogen) atoms. The maximum atomic E-state index is 12.1. The molecule has 0 saturated carbocycles. The van der Waals surface area contributed by atoms with Crippen LogP contribution in [0.25, 0.3) is 0 Å². The zero-order valence-electron chi connectivity index (χ0n) is 11.7. The quantitative estimate of drug-likeness (QED) is 0.585. The van der Waals surface area contributed by atoms with Gasteiger partial charge in [0.15, 0.2) is 0 Å². The van der Waals surface area contributed by atoms with Gasteiger partial charge in [-0.3, -0.25) is 4.79 Å². The Bertz CT molecular complexity index is 412. The lowest BCUT2D eigenvalue weighted by molar-refractivity contribution is -0.142. The summed E-state index contributed by atoms with van der Waals surface area (Å²) >= 11 is 0. The molecule has 0 bridgehead atoms. The monoisotopic (exact) mass is 246 g/mol. The van der Waals surface area contributed by atoms with Crippen molar-refractivity contribution in [3.05, 3.63) is 48.2 Å². The van der Waals surface area contributed by atoms with Gasteiger partial charge in [-0.05, 0) is 12.0 Å². The Morgan fingerprint density at radius 3 is 2.28 bits per heavy atom. The highest BCUT2D eigenvalue weighted by molar-refractivity contribution is 5.79. The zero-order chi connectivity index (χ0) is 13.8. The summed E-state index contributed by atoms with van der Waals surface area (Å²) in [5, 5.41) is 0. The standard InChI is InChI=1S/C16H22O2/c1-6-14(13-10-8-7-9-11-13)15(17)18-12(2)16(3,4)5/h7-11,14H,2,6H2,1,3-5H3. The lowest BCUT2D eigenvalue weighted by atomic mass is 9.94. The molecule has 2 nitrogen and oxygen atoms in total. The largest absolute Gasteiger partial charge is 0.431 e. The molecule has 0 aromatic heterocycles. The molecular weight excluding hydrogens is 224 g/mol. The highest BCUT2D eigenvalue weighted by atomic mass is 16.5. The summed E-state index contributed by atoms with van der Waals surface area (Å²) in [6, 6.07) is 9.72. The first-order valence-electron chi connectivity index (χ1n) is 6.32. The molecule has 1 aromatic rings. The number of esters is 1. The summed E-state index contributed by atoms with van der Waals surface area (Å²) < 4.78 is 5.39. The van der Waals surface area contributed by atoms with E-state index in [1.54, 1.807) is 0 Å². The van der Waals surface area contributed by atoms with Crippen molar-refractivity contribution in [1.29, 1.82) is 0 Å². The van der Waals surface area contributed by atoms with E-state index < -0.39 is 0 Å². The van der Waals surface area contributed by atoms with Crippen molar-refractivity contribution in [3.8, 4) is 0 Å². The Balaban J connectivity index is 2.79. The van der Waals surface area contributed by atoms with E-state index in [9.17, 15) is 4.79 Å². The van der Waals surface area contributed by atoms with Crippen molar-refractivity contribution < 1.29 is 9.53 Å². The predicted molar refractivity (Wildman–Crippen MR) is 74.2 cm³/mol. The minimum atomic E-state index is -0.219. The Morgan fingerprint density at radius 2 is 1.83 bits per heavy atom. The molecule has 0 saturated heterocycles. The molecule has 0 aliphatic rings. The van der Waals surface area contributed by atoms with E-state index in [4.69, 9.17) is 4.74 Å². The van der Waals surface area contributed by atoms with Crippen molar-refractivity contribution >= 4 is 5.97 Å². The third-order valence-corrected chi connectivity index (χ3v) is 2.96. The van der Waals surface area contributed by atoms with Crippen LogP contribution >= 0.6 is 0 Å². The number of ether oxygens (including phenoxy) is 1. The van der Waals surface area contributed by atoms with Gasteiger partial charge in [0.25, 0.3) is 0 Å². The van der Waals surface area contributed by atoms with Crippen LogP contribution in [0.2, 0.25) is 0 Å². The van der Waals surface area contributed by atoms with E-state index in [0.29, 0.717) is 5.76 Å². The fourth-order valence-corrected chi connectivity index (χ4v) is 1.57. The van der Waals surface area contributed by atoms with Crippen LogP contribution in [0.15, 0.2) is 42.7 Å². The van der Waals surface area contributed by atoms with E-state index >= 15 is 0 Å². The van der Waals surface area contributed by atoms with Gasteiger partial charge in [0.1, 0.15) is 5.76 Å². The van der Waals surface area contributed by atoms with Gasteiger partial charge in [0.2, 0.25) is 0 Å². The molecule has 1 atom stereocenters. The molecule has 1 aromatic carbocycles. The molecule has 0 spiro atoms. The van der Waals surface area contributed by atoms with Crippen molar-refractivity contribution in [2.24, 2.45) is 5.41 Å². The van der Waals surface area contributed by atoms with Crippen molar-refractivity contribution in [1.82, 2.24) is 0 Å². The van der Waals surface area contributed by atoms with Crippen molar-refractivity contribution in [3.63, 3.8) is 0 Å². The van der Waals surface area contributed by atoms with Gasteiger partial charge < -0.3 is 4.74 Å². The van der Waals surface area contributed by atoms with Crippen LogP contribution in [0.5, 0.6) is 0 Å². The van der Waals surface area contributed by atoms with Crippen LogP contribution in [0, 0.1) is 5.41 Å². The second-order valence-electron chi connectivity index (χ2n) is 5.47. The number of carbonyl (C=O) groups excluding carboxylic acids is 1. The van der Waals surface area contributed by atoms with Gasteiger partial charge in [-0.15, -0.1) is 0 Å². The molecule has 98 valence electrons. The Labute approximate surface area is 110 Å². The fourth-order valence-electron chi connectivity index (χ4n) is 1.57. The summed E-state index contributed by atoms with van der Waals surface area (Å²) in [5.41, 5.74) is 0.775. The summed E-state index contributed by atoms with van der Waals surface area (Å²) in [5.74, 6) is 0.0795. The second kappa shape index (κ2) is 5.85. The van der Waals surface area contributed by atoms with Crippen LogP contribution < -0.4 is 0 Å². The number of hydrogen-bond acceptors (Lipinski definition) is 2. The number of hydrogen-bond donors (Lipinski definition) is 0. The van der Waals surface area contributed by atoms with Gasteiger partial charge >= 0.3 is 5.97 Å². The van der Waals surface area contributed by atoms with Crippen LogP contribution in [0.3, 0.4) is 0 Å². The Kier molecular flexibility index (Phi) is 4.71. The van der Waals surface area contributed by atoms with Gasteiger partial charge in [-0.2, -0.15) is 0 Å². The number of benzene rings is 1. The van der Waals surface area contributed by atoms with Crippen LogP contribution in [0.1, 0.15) is 45.6 Å². The molecule has 2 heteroatoms. The third-order valence-electron chi connectivity index (χ3n) is 2.96. The maximum Gasteiger partial charge on any atom is 0.318 e. The highest BCUT2D eigenvalue weighted by Gasteiger charge is 2.25. The molecule has 0 aliphatic heterocycles. The molecule has 0 radical (unpaired) electrons. The smallest absolute Gasteiger partial charge is 0.318 e. The third kappa shape index (κ3) is 3.73. The summed E-state index contributed by atoms with van der Waals surface area (Å²) in [7, 11) is 0. The molecule has 0 heterocycles. The molecule has 0 fully saturated rings. The lowest BCUT2D eigenvalue weighted by Gasteiger charge is -2.23. The van der Waals surface area contributed by atoms with Gasteiger partial charge in [0, 0.05) is 5.41 Å². The van der Waals surface area contributed by atoms with E-state index in [0.717, 1.165) is 12.0 Å². The van der Waals surface area contributed by atoms with Crippen LogP contribution in [0.4, 0.5) is 0 Å².